The minimum Gasteiger partial charge on any atom is -0.507 e. The van der Waals surface area contributed by atoms with Crippen molar-refractivity contribution in [2.75, 3.05) is 5.32 Å². The average molecular weight is 459 g/mol. The van der Waals surface area contributed by atoms with Gasteiger partial charge in [-0.1, -0.05) is 18.0 Å². The molecule has 0 radical (unpaired) electrons. The van der Waals surface area contributed by atoms with Crippen LogP contribution < -0.4 is 15.4 Å². The van der Waals surface area contributed by atoms with Gasteiger partial charge in [-0.25, -0.2) is 4.79 Å². The fraction of sp³-hybridized carbons (Fsp3) is 0.348. The highest BCUT2D eigenvalue weighted by Gasteiger charge is 2.40. The number of hydrogen-bond acceptors (Lipinski definition) is 5. The number of aliphatic carboxylic acids is 1. The zero-order chi connectivity index (χ0) is 23.0. The highest BCUT2D eigenvalue weighted by molar-refractivity contribution is 6.37. The highest BCUT2D eigenvalue weighted by Crippen LogP contribution is 2.44. The molecule has 0 spiro atoms. The summed E-state index contributed by atoms with van der Waals surface area (Å²) in [5.74, 6) is -1.52. The van der Waals surface area contributed by atoms with Gasteiger partial charge in [-0.15, -0.1) is 0 Å². The number of carbonyl (C=O) groups is 3. The van der Waals surface area contributed by atoms with Gasteiger partial charge < -0.3 is 25.6 Å². The Bertz CT molecular complexity index is 1080. The molecule has 0 aromatic heterocycles. The Balaban J connectivity index is 1.50. The second kappa shape index (κ2) is 8.70. The van der Waals surface area contributed by atoms with Crippen LogP contribution in [-0.2, 0) is 9.59 Å². The Labute approximate surface area is 189 Å². The van der Waals surface area contributed by atoms with E-state index in [9.17, 15) is 19.5 Å². The molecule has 2 aromatic carbocycles. The summed E-state index contributed by atoms with van der Waals surface area (Å²) in [5.41, 5.74) is 0.868. The molecule has 4 N–H and O–H groups in total. The number of rotatable bonds is 5. The van der Waals surface area contributed by atoms with E-state index in [-0.39, 0.29) is 39.7 Å². The highest BCUT2D eigenvalue weighted by atomic mass is 35.5. The van der Waals surface area contributed by atoms with Gasteiger partial charge in [0.15, 0.2) is 0 Å². The summed E-state index contributed by atoms with van der Waals surface area (Å²) < 4.78 is 5.86. The summed E-state index contributed by atoms with van der Waals surface area (Å²) >= 11 is 6.28. The molecule has 0 saturated heterocycles. The van der Waals surface area contributed by atoms with E-state index in [1.54, 1.807) is 6.92 Å². The second-order valence-electron chi connectivity index (χ2n) is 8.40. The fourth-order valence-corrected chi connectivity index (χ4v) is 4.97. The number of halogens is 1. The van der Waals surface area contributed by atoms with Crippen molar-refractivity contribution in [3.05, 3.63) is 46.5 Å². The van der Waals surface area contributed by atoms with Crippen LogP contribution in [0.1, 0.15) is 41.6 Å². The number of nitrogens with one attached hydrogen (secondary N) is 2. The molecule has 0 aliphatic heterocycles. The van der Waals surface area contributed by atoms with E-state index in [4.69, 9.17) is 21.4 Å². The number of carbonyl (C=O) groups excluding carboxylic acids is 2. The van der Waals surface area contributed by atoms with Gasteiger partial charge in [-0.05, 0) is 73.9 Å². The molecule has 168 valence electrons. The summed E-state index contributed by atoms with van der Waals surface area (Å²) in [6.07, 6.45) is 4.49. The lowest BCUT2D eigenvalue weighted by Crippen LogP contribution is -2.38. The smallest absolute Gasteiger partial charge is 0.394 e. The van der Waals surface area contributed by atoms with E-state index in [1.165, 1.54) is 36.8 Å². The lowest BCUT2D eigenvalue weighted by atomic mass is 9.95. The Hall–Kier alpha value is -3.26. The number of phenols is 1. The van der Waals surface area contributed by atoms with Crippen LogP contribution in [0.25, 0.3) is 0 Å². The lowest BCUT2D eigenvalue weighted by Gasteiger charge is -2.23. The van der Waals surface area contributed by atoms with Crippen LogP contribution in [0.5, 0.6) is 17.2 Å². The van der Waals surface area contributed by atoms with Crippen molar-refractivity contribution in [2.24, 2.45) is 11.8 Å². The first-order valence-electron chi connectivity index (χ1n) is 10.4. The molecule has 0 heterocycles. The van der Waals surface area contributed by atoms with Gasteiger partial charge in [0, 0.05) is 11.7 Å². The third-order valence-electron chi connectivity index (χ3n) is 6.17. The van der Waals surface area contributed by atoms with Crippen molar-refractivity contribution < 1.29 is 29.3 Å². The van der Waals surface area contributed by atoms with Gasteiger partial charge in [-0.2, -0.15) is 0 Å². The van der Waals surface area contributed by atoms with Crippen molar-refractivity contribution in [2.45, 2.75) is 38.6 Å². The number of phenolic OH excluding ortho intramolecular Hbond substituents is 1. The van der Waals surface area contributed by atoms with E-state index in [0.29, 0.717) is 23.1 Å². The van der Waals surface area contributed by atoms with Crippen LogP contribution in [0.3, 0.4) is 0 Å². The van der Waals surface area contributed by atoms with Crippen molar-refractivity contribution in [1.29, 1.82) is 0 Å². The standard InChI is InChI=1S/C23H23ClN2O6/c1-11-6-14(25-22(29)23(30)31)9-17(24)20(11)32-15-4-5-19(27)16(10-15)21(28)26-18-8-12-2-3-13(18)7-12/h4-6,9-10,12-13,18,27H,2-3,7-8H2,1H3,(H,25,29)(H,26,28)(H,30,31). The van der Waals surface area contributed by atoms with Gasteiger partial charge in [0.2, 0.25) is 0 Å². The van der Waals surface area contributed by atoms with E-state index in [1.807, 2.05) is 0 Å². The monoisotopic (exact) mass is 458 g/mol. The number of benzene rings is 2. The molecule has 9 heteroatoms. The maximum absolute atomic E-state index is 12.8. The zero-order valence-electron chi connectivity index (χ0n) is 17.4. The Morgan fingerprint density at radius 2 is 1.91 bits per heavy atom. The third-order valence-corrected chi connectivity index (χ3v) is 6.45. The molecule has 2 aliphatic carbocycles. The van der Waals surface area contributed by atoms with Crippen molar-refractivity contribution in [1.82, 2.24) is 5.32 Å². The molecule has 2 bridgehead atoms. The number of carboxylic acid groups (broad SMARTS) is 1. The van der Waals surface area contributed by atoms with E-state index >= 15 is 0 Å². The molecule has 2 amide bonds. The zero-order valence-corrected chi connectivity index (χ0v) is 18.1. The maximum atomic E-state index is 12.8. The molecule has 2 saturated carbocycles. The van der Waals surface area contributed by atoms with Crippen molar-refractivity contribution >= 4 is 35.1 Å². The normalized spacial score (nSPS) is 21.2. The quantitative estimate of drug-likeness (QED) is 0.500. The summed E-state index contributed by atoms with van der Waals surface area (Å²) in [6.45, 7) is 1.68. The predicted octanol–water partition coefficient (Wildman–Crippen LogP) is 4.09. The SMILES string of the molecule is Cc1cc(NC(=O)C(=O)O)cc(Cl)c1Oc1ccc(O)c(C(=O)NC2CC3CCC2C3)c1. The van der Waals surface area contributed by atoms with Crippen molar-refractivity contribution in [3.63, 3.8) is 0 Å². The van der Waals surface area contributed by atoms with Gasteiger partial charge in [0.25, 0.3) is 5.91 Å². The number of hydrogen-bond donors (Lipinski definition) is 4. The van der Waals surface area contributed by atoms with Crippen LogP contribution in [0, 0.1) is 18.8 Å². The number of carboxylic acids is 1. The maximum Gasteiger partial charge on any atom is 0.394 e. The van der Waals surface area contributed by atoms with Gasteiger partial charge >= 0.3 is 11.9 Å². The molecule has 3 unspecified atom stereocenters. The molecular weight excluding hydrogens is 436 g/mol. The molecule has 2 aromatic rings. The topological polar surface area (TPSA) is 125 Å². The van der Waals surface area contributed by atoms with E-state index in [0.717, 1.165) is 19.3 Å². The second-order valence-corrected chi connectivity index (χ2v) is 8.81. The number of ether oxygens (including phenoxy) is 1. The fourth-order valence-electron chi connectivity index (χ4n) is 4.66. The first-order valence-corrected chi connectivity index (χ1v) is 10.7. The van der Waals surface area contributed by atoms with Crippen LogP contribution >= 0.6 is 11.6 Å². The first kappa shape index (κ1) is 22.0. The van der Waals surface area contributed by atoms with Gasteiger partial charge in [0.1, 0.15) is 17.2 Å². The average Bonchev–Trinajstić information content (AvgIpc) is 3.35. The van der Waals surface area contributed by atoms with Crippen LogP contribution in [0.4, 0.5) is 5.69 Å². The molecule has 3 atom stereocenters. The summed E-state index contributed by atoms with van der Waals surface area (Å²) in [6, 6.07) is 7.37. The molecule has 4 rings (SSSR count). The summed E-state index contributed by atoms with van der Waals surface area (Å²) in [4.78, 5) is 34.9. The van der Waals surface area contributed by atoms with Crippen molar-refractivity contribution in [3.8, 4) is 17.2 Å². The molecule has 32 heavy (non-hydrogen) atoms. The summed E-state index contributed by atoms with van der Waals surface area (Å²) in [5, 5.41) is 24.4. The Morgan fingerprint density at radius 1 is 1.12 bits per heavy atom. The van der Waals surface area contributed by atoms with Crippen LogP contribution in [-0.4, -0.2) is 34.0 Å². The minimum absolute atomic E-state index is 0.115. The van der Waals surface area contributed by atoms with E-state index < -0.39 is 11.9 Å². The van der Waals surface area contributed by atoms with Gasteiger partial charge in [0.05, 0.1) is 10.6 Å². The largest absolute Gasteiger partial charge is 0.507 e. The van der Waals surface area contributed by atoms with Gasteiger partial charge in [-0.3, -0.25) is 9.59 Å². The molecule has 2 fully saturated rings. The Morgan fingerprint density at radius 3 is 2.53 bits per heavy atom. The molecular formula is C23H23ClN2O6. The first-order chi connectivity index (χ1) is 15.2. The number of fused-ring (bicyclic) bond motifs is 2. The lowest BCUT2D eigenvalue weighted by molar-refractivity contribution is -0.147. The summed E-state index contributed by atoms with van der Waals surface area (Å²) in [7, 11) is 0. The van der Waals surface area contributed by atoms with Crippen LogP contribution in [0.15, 0.2) is 30.3 Å². The third kappa shape index (κ3) is 4.50. The number of aryl methyl sites for hydroxylation is 1. The number of aromatic hydroxyl groups is 1. The predicted molar refractivity (Wildman–Crippen MR) is 117 cm³/mol. The number of anilines is 1. The Kier molecular flexibility index (Phi) is 5.97. The number of amides is 2. The molecule has 8 nitrogen and oxygen atoms in total. The van der Waals surface area contributed by atoms with Crippen LogP contribution in [0.2, 0.25) is 5.02 Å². The minimum atomic E-state index is -1.61. The van der Waals surface area contributed by atoms with E-state index in [2.05, 4.69) is 10.6 Å². The molecule has 2 aliphatic rings.